The molecule has 0 unspecified atom stereocenters. The Hall–Kier alpha value is -2.83. The average molecular weight is 656 g/mol. The van der Waals surface area contributed by atoms with Crippen LogP contribution in [0.15, 0.2) is 64.5 Å². The van der Waals surface area contributed by atoms with Crippen LogP contribution in [0.4, 0.5) is 0 Å². The van der Waals surface area contributed by atoms with Crippen molar-refractivity contribution in [1.82, 2.24) is 13.6 Å². The lowest BCUT2D eigenvalue weighted by molar-refractivity contribution is -0.181. The summed E-state index contributed by atoms with van der Waals surface area (Å²) < 4.78 is 71.2. The van der Waals surface area contributed by atoms with Gasteiger partial charge in [0.15, 0.2) is 5.75 Å². The zero-order chi connectivity index (χ0) is 32.2. The van der Waals surface area contributed by atoms with Gasteiger partial charge >= 0.3 is 0 Å². The van der Waals surface area contributed by atoms with E-state index in [1.54, 1.807) is 56.4 Å². The summed E-state index contributed by atoms with van der Waals surface area (Å²) in [6, 6.07) is 13.8. The molecule has 2 aromatic carbocycles. The van der Waals surface area contributed by atoms with Crippen molar-refractivity contribution in [2.75, 3.05) is 13.1 Å². The fraction of sp³-hybridized carbons (Fsp3) is 0.500. The van der Waals surface area contributed by atoms with Gasteiger partial charge in [-0.3, -0.25) is 4.98 Å². The molecule has 1 aromatic heterocycles. The number of hydrogen-bond acceptors (Lipinski definition) is 7. The Morgan fingerprint density at radius 3 is 1.67 bits per heavy atom. The van der Waals surface area contributed by atoms with Crippen molar-refractivity contribution < 1.29 is 26.3 Å². The molecule has 244 valence electrons. The second-order valence-electron chi connectivity index (χ2n) is 12.6. The van der Waals surface area contributed by atoms with E-state index in [4.69, 9.17) is 14.5 Å². The van der Waals surface area contributed by atoms with Gasteiger partial charge in [0, 0.05) is 45.2 Å². The van der Waals surface area contributed by atoms with Crippen LogP contribution in [0, 0.1) is 13.8 Å². The summed E-state index contributed by atoms with van der Waals surface area (Å²) in [5.41, 5.74) is 3.83. The third-order valence-electron chi connectivity index (χ3n) is 8.52. The fourth-order valence-electron chi connectivity index (χ4n) is 5.77. The lowest BCUT2D eigenvalue weighted by Crippen LogP contribution is -2.38. The van der Waals surface area contributed by atoms with Crippen molar-refractivity contribution in [1.29, 1.82) is 0 Å². The molecular weight excluding hydrogens is 611 g/mol. The van der Waals surface area contributed by atoms with E-state index in [1.807, 2.05) is 26.0 Å². The van der Waals surface area contributed by atoms with E-state index in [-0.39, 0.29) is 29.5 Å². The summed E-state index contributed by atoms with van der Waals surface area (Å²) in [6.07, 6.45) is 7.92. The predicted molar refractivity (Wildman–Crippen MR) is 174 cm³/mol. The molecule has 0 atom stereocenters. The van der Waals surface area contributed by atoms with E-state index < -0.39 is 25.8 Å². The molecule has 0 amide bonds. The Morgan fingerprint density at radius 2 is 1.16 bits per heavy atom. The molecule has 2 aliphatic rings. The maximum atomic E-state index is 14.0. The number of benzene rings is 2. The number of sulfonamides is 2. The Kier molecular flexibility index (Phi) is 10.3. The first-order valence-electron chi connectivity index (χ1n) is 15.8. The maximum Gasteiger partial charge on any atom is 0.243 e. The van der Waals surface area contributed by atoms with Gasteiger partial charge in [0.1, 0.15) is 0 Å². The monoisotopic (exact) mass is 655 g/mol. The van der Waals surface area contributed by atoms with Crippen LogP contribution in [-0.2, 0) is 44.5 Å². The van der Waals surface area contributed by atoms with Crippen molar-refractivity contribution >= 4 is 20.0 Å². The van der Waals surface area contributed by atoms with E-state index in [1.165, 1.54) is 8.61 Å². The first-order chi connectivity index (χ1) is 21.4. The van der Waals surface area contributed by atoms with E-state index >= 15 is 0 Å². The number of nitrogens with zero attached hydrogens (tertiary/aromatic N) is 3. The molecular formula is C34H45N3O6S2. The molecule has 5 rings (SSSR count). The zero-order valence-electron chi connectivity index (χ0n) is 26.8. The molecule has 0 radical (unpaired) electrons. The van der Waals surface area contributed by atoms with Crippen molar-refractivity contribution in [2.24, 2.45) is 0 Å². The summed E-state index contributed by atoms with van der Waals surface area (Å²) in [5.74, 6) is -0.500. The topological polar surface area (TPSA) is 106 Å². The quantitative estimate of drug-likeness (QED) is 0.317. The maximum absolute atomic E-state index is 14.0. The number of pyridine rings is 1. The summed E-state index contributed by atoms with van der Waals surface area (Å²) in [7, 11) is -7.62. The van der Waals surface area contributed by atoms with Crippen molar-refractivity contribution in [2.45, 2.75) is 108 Å². The SMILES string of the molecule is Cc1ccc(S(=O)(=O)N2CCCCCCCCCN(S(=O)(=O)c3ccc(C)cc3)Cc3ncc(c4c3OC(C)(C)OC4)C2)cc1. The van der Waals surface area contributed by atoms with Crippen LogP contribution in [0.3, 0.4) is 0 Å². The van der Waals surface area contributed by atoms with Gasteiger partial charge in [0.2, 0.25) is 25.8 Å². The summed E-state index contributed by atoms with van der Waals surface area (Å²) in [4.78, 5) is 5.25. The minimum absolute atomic E-state index is 0.0281. The second kappa shape index (κ2) is 13.9. The van der Waals surface area contributed by atoms with Gasteiger partial charge in [-0.1, -0.05) is 67.5 Å². The van der Waals surface area contributed by atoms with Crippen LogP contribution in [0.2, 0.25) is 0 Å². The van der Waals surface area contributed by atoms with E-state index in [0.717, 1.165) is 56.1 Å². The number of ether oxygens (including phenoxy) is 2. The van der Waals surface area contributed by atoms with Crippen molar-refractivity contribution in [3.05, 3.63) is 82.7 Å². The molecule has 0 aliphatic carbocycles. The van der Waals surface area contributed by atoms with Gasteiger partial charge in [-0.25, -0.2) is 16.8 Å². The van der Waals surface area contributed by atoms with Crippen LogP contribution < -0.4 is 4.74 Å². The molecule has 3 heterocycles. The van der Waals surface area contributed by atoms with Crippen molar-refractivity contribution in [3.8, 4) is 5.75 Å². The Balaban J connectivity index is 1.56. The zero-order valence-corrected chi connectivity index (χ0v) is 28.4. The highest BCUT2D eigenvalue weighted by molar-refractivity contribution is 7.89. The molecule has 0 fully saturated rings. The molecule has 3 aromatic rings. The number of hydrogen-bond donors (Lipinski definition) is 0. The number of aryl methyl sites for hydroxylation is 2. The van der Waals surface area contributed by atoms with Gasteiger partial charge in [0.25, 0.3) is 0 Å². The molecule has 0 spiro atoms. The molecule has 0 saturated heterocycles. The van der Waals surface area contributed by atoms with Crippen molar-refractivity contribution in [3.63, 3.8) is 0 Å². The van der Waals surface area contributed by atoms with Crippen LogP contribution in [0.25, 0.3) is 0 Å². The highest BCUT2D eigenvalue weighted by Crippen LogP contribution is 2.38. The second-order valence-corrected chi connectivity index (χ2v) is 16.5. The van der Waals surface area contributed by atoms with Crippen LogP contribution in [0.1, 0.15) is 86.7 Å². The number of fused-ring (bicyclic) bond motifs is 6. The van der Waals surface area contributed by atoms with E-state index in [9.17, 15) is 16.8 Å². The van der Waals surface area contributed by atoms with Gasteiger partial charge in [-0.05, 0) is 56.5 Å². The van der Waals surface area contributed by atoms with E-state index in [0.29, 0.717) is 35.7 Å². The van der Waals surface area contributed by atoms with Crippen LogP contribution >= 0.6 is 0 Å². The number of aromatic nitrogens is 1. The van der Waals surface area contributed by atoms with Crippen LogP contribution in [-0.4, -0.2) is 49.3 Å². The third-order valence-corrected chi connectivity index (χ3v) is 12.2. The van der Waals surface area contributed by atoms with Gasteiger partial charge in [-0.15, -0.1) is 0 Å². The fourth-order valence-corrected chi connectivity index (χ4v) is 8.66. The molecule has 0 N–H and O–H groups in total. The molecule has 2 bridgehead atoms. The minimum Gasteiger partial charge on any atom is -0.461 e. The first-order valence-corrected chi connectivity index (χ1v) is 18.7. The summed E-state index contributed by atoms with van der Waals surface area (Å²) in [6.45, 7) is 8.52. The van der Waals surface area contributed by atoms with Gasteiger partial charge in [0.05, 0.1) is 28.6 Å². The summed E-state index contributed by atoms with van der Waals surface area (Å²) in [5, 5.41) is 0. The highest BCUT2D eigenvalue weighted by Gasteiger charge is 2.35. The molecule has 9 nitrogen and oxygen atoms in total. The molecule has 0 saturated carbocycles. The smallest absolute Gasteiger partial charge is 0.243 e. The van der Waals surface area contributed by atoms with Crippen LogP contribution in [0.5, 0.6) is 5.75 Å². The largest absolute Gasteiger partial charge is 0.461 e. The number of rotatable bonds is 4. The summed E-state index contributed by atoms with van der Waals surface area (Å²) >= 11 is 0. The van der Waals surface area contributed by atoms with Gasteiger partial charge in [-0.2, -0.15) is 8.61 Å². The average Bonchev–Trinajstić information content (AvgIpc) is 2.99. The highest BCUT2D eigenvalue weighted by atomic mass is 32.2. The minimum atomic E-state index is -3.82. The van der Waals surface area contributed by atoms with Gasteiger partial charge < -0.3 is 9.47 Å². The predicted octanol–water partition coefficient (Wildman–Crippen LogP) is 6.47. The standard InChI is InChI=1S/C34H45N3O6S2/c1-26-12-16-29(17-13-26)44(38,39)36-20-10-8-6-5-7-9-11-21-37(45(40,41)30-18-14-27(2)15-19-30)24-32-33-31(28(23-36)22-35-32)25-42-34(3,4)43-33/h12-19,22H,5-11,20-21,23-25H2,1-4H3. The third kappa shape index (κ3) is 7.94. The Labute approximate surface area is 268 Å². The van der Waals surface area contributed by atoms with E-state index in [2.05, 4.69) is 0 Å². The lowest BCUT2D eigenvalue weighted by Gasteiger charge is -2.35. The molecule has 45 heavy (non-hydrogen) atoms. The Morgan fingerprint density at radius 1 is 0.689 bits per heavy atom. The molecule has 11 heteroatoms. The normalized spacial score (nSPS) is 19.4. The molecule has 2 aliphatic heterocycles. The lowest BCUT2D eigenvalue weighted by atomic mass is 10.1. The Bertz CT molecular complexity index is 1690. The first kappa shape index (κ1) is 33.5.